The Kier molecular flexibility index (Phi) is 10.3. The molecule has 2 aromatic rings. The van der Waals surface area contributed by atoms with Gasteiger partial charge in [-0.1, -0.05) is 6.07 Å². The molecule has 35 heavy (non-hydrogen) atoms. The maximum Gasteiger partial charge on any atom is 0.326 e. The summed E-state index contributed by atoms with van der Waals surface area (Å²) in [5, 5.41) is 15.3. The van der Waals surface area contributed by atoms with Gasteiger partial charge in [0.1, 0.15) is 30.0 Å². The summed E-state index contributed by atoms with van der Waals surface area (Å²) in [5.74, 6) is -0.141. The molecule has 3 N–H and O–H groups in total. The number of pyridine rings is 1. The Bertz CT molecular complexity index is 970. The van der Waals surface area contributed by atoms with E-state index in [1.165, 1.54) is 24.6 Å². The molecule has 0 bridgehead atoms. The normalized spacial score (nSPS) is 13.6. The van der Waals surface area contributed by atoms with Gasteiger partial charge >= 0.3 is 5.97 Å². The van der Waals surface area contributed by atoms with Crippen LogP contribution >= 0.6 is 0 Å². The van der Waals surface area contributed by atoms with Crippen LogP contribution in [0.3, 0.4) is 0 Å². The predicted octanol–water partition coefficient (Wildman–Crippen LogP) is 3.26. The standard InChI is InChI=1S/C26H35FN4O4/c1-19(32)29-24(26(33)34)13-16-31(17-18-35-23-11-8-21(27)9-12-23)15-3-2-6-22-10-7-20-5-4-14-28-25(20)30-22/h7-12,24H,2-6,13-18H2,1H3,(H,28,30)(H,29,32)(H,33,34). The summed E-state index contributed by atoms with van der Waals surface area (Å²) in [6.07, 6.45) is 5.25. The molecule has 0 saturated carbocycles. The Balaban J connectivity index is 1.49. The van der Waals surface area contributed by atoms with E-state index in [4.69, 9.17) is 9.72 Å². The number of carbonyl (C=O) groups excluding carboxylic acids is 1. The van der Waals surface area contributed by atoms with Gasteiger partial charge in [0.2, 0.25) is 5.91 Å². The third-order valence-corrected chi connectivity index (χ3v) is 6.01. The number of halogens is 1. The maximum atomic E-state index is 13.1. The molecule has 0 fully saturated rings. The number of rotatable bonds is 14. The minimum absolute atomic E-state index is 0.295. The van der Waals surface area contributed by atoms with E-state index in [1.54, 1.807) is 12.1 Å². The van der Waals surface area contributed by atoms with Gasteiger partial charge in [-0.15, -0.1) is 0 Å². The number of anilines is 1. The van der Waals surface area contributed by atoms with Crippen LogP contribution in [0.4, 0.5) is 10.2 Å². The van der Waals surface area contributed by atoms with Crippen LogP contribution in [0.2, 0.25) is 0 Å². The molecule has 9 heteroatoms. The van der Waals surface area contributed by atoms with Crippen LogP contribution in [0.5, 0.6) is 5.75 Å². The lowest BCUT2D eigenvalue weighted by atomic mass is 10.1. The van der Waals surface area contributed by atoms with Crippen LogP contribution in [-0.2, 0) is 22.4 Å². The number of nitrogens with one attached hydrogen (secondary N) is 2. The van der Waals surface area contributed by atoms with Crippen molar-refractivity contribution in [2.45, 2.75) is 51.5 Å². The fourth-order valence-electron chi connectivity index (χ4n) is 4.12. The van der Waals surface area contributed by atoms with Gasteiger partial charge in [0.15, 0.2) is 0 Å². The summed E-state index contributed by atoms with van der Waals surface area (Å²) in [6.45, 7) is 4.53. The van der Waals surface area contributed by atoms with Gasteiger partial charge in [0, 0.05) is 32.3 Å². The minimum atomic E-state index is -1.05. The zero-order chi connectivity index (χ0) is 25.0. The van der Waals surface area contributed by atoms with Gasteiger partial charge in [-0.2, -0.15) is 0 Å². The Morgan fingerprint density at radius 3 is 2.71 bits per heavy atom. The smallest absolute Gasteiger partial charge is 0.326 e. The van der Waals surface area contributed by atoms with Crippen LogP contribution in [0, 0.1) is 5.82 Å². The number of aryl methyl sites for hydroxylation is 2. The average molecular weight is 487 g/mol. The highest BCUT2D eigenvalue weighted by molar-refractivity contribution is 5.82. The first-order valence-electron chi connectivity index (χ1n) is 12.2. The number of carbonyl (C=O) groups is 2. The molecule has 1 aliphatic rings. The first-order valence-corrected chi connectivity index (χ1v) is 12.2. The molecule has 1 amide bonds. The van der Waals surface area contributed by atoms with E-state index < -0.39 is 12.0 Å². The van der Waals surface area contributed by atoms with Crippen molar-refractivity contribution in [1.82, 2.24) is 15.2 Å². The molecule has 1 atom stereocenters. The number of carboxylic acid groups (broad SMARTS) is 1. The Morgan fingerprint density at radius 2 is 1.97 bits per heavy atom. The molecule has 1 aromatic heterocycles. The summed E-state index contributed by atoms with van der Waals surface area (Å²) in [7, 11) is 0. The van der Waals surface area contributed by atoms with Crippen molar-refractivity contribution >= 4 is 17.7 Å². The third-order valence-electron chi connectivity index (χ3n) is 6.01. The van der Waals surface area contributed by atoms with Crippen molar-refractivity contribution in [2.24, 2.45) is 0 Å². The SMILES string of the molecule is CC(=O)NC(CCN(CCCCc1ccc2c(n1)NCCC2)CCOc1ccc(F)cc1)C(=O)O. The summed E-state index contributed by atoms with van der Waals surface area (Å²) < 4.78 is 18.8. The molecule has 1 unspecified atom stereocenters. The summed E-state index contributed by atoms with van der Waals surface area (Å²) in [6, 6.07) is 9.20. The van der Waals surface area contributed by atoms with E-state index in [9.17, 15) is 19.1 Å². The molecule has 3 rings (SSSR count). The van der Waals surface area contributed by atoms with Crippen LogP contribution in [0.15, 0.2) is 36.4 Å². The van der Waals surface area contributed by atoms with Crippen molar-refractivity contribution in [3.05, 3.63) is 53.5 Å². The fourth-order valence-corrected chi connectivity index (χ4v) is 4.12. The average Bonchev–Trinajstić information content (AvgIpc) is 2.84. The number of hydrogen-bond acceptors (Lipinski definition) is 6. The molecule has 0 radical (unpaired) electrons. The zero-order valence-corrected chi connectivity index (χ0v) is 20.3. The largest absolute Gasteiger partial charge is 0.492 e. The molecule has 2 heterocycles. The number of nitrogens with zero attached hydrogens (tertiary/aromatic N) is 2. The summed E-state index contributed by atoms with van der Waals surface area (Å²) >= 11 is 0. The minimum Gasteiger partial charge on any atom is -0.492 e. The number of ether oxygens (including phenoxy) is 1. The number of aromatic nitrogens is 1. The predicted molar refractivity (Wildman–Crippen MR) is 132 cm³/mol. The first-order chi connectivity index (χ1) is 16.9. The van der Waals surface area contributed by atoms with Crippen molar-refractivity contribution in [3.8, 4) is 5.75 Å². The van der Waals surface area contributed by atoms with Gasteiger partial charge in [0.05, 0.1) is 0 Å². The van der Waals surface area contributed by atoms with Crippen LogP contribution in [0.1, 0.15) is 43.9 Å². The second kappa shape index (κ2) is 13.6. The number of benzene rings is 1. The molecule has 8 nitrogen and oxygen atoms in total. The van der Waals surface area contributed by atoms with E-state index in [-0.39, 0.29) is 11.7 Å². The molecule has 0 aliphatic carbocycles. The molecule has 0 spiro atoms. The van der Waals surface area contributed by atoms with E-state index in [1.807, 2.05) is 0 Å². The van der Waals surface area contributed by atoms with Gasteiger partial charge in [-0.3, -0.25) is 9.69 Å². The maximum absolute atomic E-state index is 13.1. The summed E-state index contributed by atoms with van der Waals surface area (Å²) in [4.78, 5) is 29.7. The molecule has 0 saturated heterocycles. The number of unbranched alkanes of at least 4 members (excludes halogenated alkanes) is 1. The third kappa shape index (κ3) is 9.16. The van der Waals surface area contributed by atoms with Crippen molar-refractivity contribution in [1.29, 1.82) is 0 Å². The lowest BCUT2D eigenvalue weighted by Gasteiger charge is -2.24. The second-order valence-electron chi connectivity index (χ2n) is 8.82. The Labute approximate surface area is 205 Å². The lowest BCUT2D eigenvalue weighted by molar-refractivity contribution is -0.141. The first kappa shape index (κ1) is 26.4. The van der Waals surface area contributed by atoms with E-state index in [0.29, 0.717) is 31.9 Å². The quantitative estimate of drug-likeness (QED) is 0.352. The van der Waals surface area contributed by atoms with Crippen molar-refractivity contribution in [3.63, 3.8) is 0 Å². The Morgan fingerprint density at radius 1 is 1.17 bits per heavy atom. The number of aliphatic carboxylic acids is 1. The molecule has 190 valence electrons. The number of amides is 1. The van der Waals surface area contributed by atoms with Gasteiger partial charge in [-0.05, 0) is 81.0 Å². The summed E-state index contributed by atoms with van der Waals surface area (Å²) in [5.41, 5.74) is 2.35. The van der Waals surface area contributed by atoms with E-state index in [2.05, 4.69) is 27.7 Å². The van der Waals surface area contributed by atoms with Gasteiger partial charge in [0.25, 0.3) is 0 Å². The van der Waals surface area contributed by atoms with Crippen LogP contribution < -0.4 is 15.4 Å². The highest BCUT2D eigenvalue weighted by atomic mass is 19.1. The highest BCUT2D eigenvalue weighted by Gasteiger charge is 2.19. The topological polar surface area (TPSA) is 104 Å². The molecule has 1 aromatic carbocycles. The number of carboxylic acids is 1. The monoisotopic (exact) mass is 486 g/mol. The second-order valence-corrected chi connectivity index (χ2v) is 8.82. The van der Waals surface area contributed by atoms with E-state index >= 15 is 0 Å². The molecular weight excluding hydrogens is 451 g/mol. The van der Waals surface area contributed by atoms with Crippen molar-refractivity contribution < 1.29 is 23.8 Å². The zero-order valence-electron chi connectivity index (χ0n) is 20.3. The van der Waals surface area contributed by atoms with E-state index in [0.717, 1.165) is 56.7 Å². The van der Waals surface area contributed by atoms with Crippen molar-refractivity contribution in [2.75, 3.05) is 38.1 Å². The number of hydrogen-bond donors (Lipinski definition) is 3. The lowest BCUT2D eigenvalue weighted by Crippen LogP contribution is -2.42. The number of fused-ring (bicyclic) bond motifs is 1. The van der Waals surface area contributed by atoms with Gasteiger partial charge < -0.3 is 20.5 Å². The highest BCUT2D eigenvalue weighted by Crippen LogP contribution is 2.20. The van der Waals surface area contributed by atoms with Gasteiger partial charge in [-0.25, -0.2) is 14.2 Å². The molecule has 1 aliphatic heterocycles. The van der Waals surface area contributed by atoms with Crippen LogP contribution in [-0.4, -0.2) is 65.7 Å². The molecular formula is C26H35FN4O4. The Hall–Kier alpha value is -3.20. The fraction of sp³-hybridized carbons (Fsp3) is 0.500. The van der Waals surface area contributed by atoms with Crippen LogP contribution in [0.25, 0.3) is 0 Å².